The lowest BCUT2D eigenvalue weighted by Gasteiger charge is -2.28. The van der Waals surface area contributed by atoms with E-state index >= 15 is 0 Å². The summed E-state index contributed by atoms with van der Waals surface area (Å²) in [4.78, 5) is 4.82. The van der Waals surface area contributed by atoms with Gasteiger partial charge in [-0.25, -0.2) is 0 Å². The Kier molecular flexibility index (Phi) is 10.6. The summed E-state index contributed by atoms with van der Waals surface area (Å²) in [5.41, 5.74) is 14.4. The molecule has 0 radical (unpaired) electrons. The molecule has 0 atom stereocenters. The Hall–Kier alpha value is -6.90. The summed E-state index contributed by atoms with van der Waals surface area (Å²) >= 11 is 0. The van der Waals surface area contributed by atoms with Crippen molar-refractivity contribution in [3.05, 3.63) is 217 Å². The van der Waals surface area contributed by atoms with Gasteiger partial charge in [0, 0.05) is 34.1 Å². The van der Waals surface area contributed by atoms with E-state index in [9.17, 15) is 0 Å². The van der Waals surface area contributed by atoms with Crippen LogP contribution in [0.3, 0.4) is 0 Å². The third kappa shape index (κ3) is 7.26. The van der Waals surface area contributed by atoms with Crippen LogP contribution in [-0.2, 0) is 12.8 Å². The van der Waals surface area contributed by atoms with Gasteiger partial charge in [-0.1, -0.05) is 160 Å². The third-order valence-electron chi connectivity index (χ3n) is 11.2. The number of benzene rings is 9. The fraction of sp³-hybridized carbons (Fsp3) is 0.107. The summed E-state index contributed by atoms with van der Waals surface area (Å²) in [6.45, 7) is 4.50. The van der Waals surface area contributed by atoms with Crippen LogP contribution in [0.5, 0.6) is 0 Å². The molecule has 0 N–H and O–H groups in total. The van der Waals surface area contributed by atoms with Crippen LogP contribution in [0.15, 0.2) is 206 Å². The third-order valence-corrected chi connectivity index (χ3v) is 11.2. The molecule has 0 aliphatic rings. The van der Waals surface area contributed by atoms with Crippen LogP contribution in [0, 0.1) is 0 Å². The van der Waals surface area contributed by atoms with Crippen molar-refractivity contribution in [2.45, 2.75) is 39.5 Å². The van der Waals surface area contributed by atoms with Crippen LogP contribution in [-0.4, -0.2) is 0 Å². The summed E-state index contributed by atoms with van der Waals surface area (Å²) in [7, 11) is 0. The molecule has 9 aromatic rings. The number of hydrogen-bond donors (Lipinski definition) is 0. The molecule has 0 unspecified atom stereocenters. The average molecular weight is 749 g/mol. The Bertz CT molecular complexity index is 2600. The SMILES string of the molecule is CCCc1cccc(N(c2ccccc2)c2ccc3c(-c4ccccc4)c4cc(N(c5ccccc5)c5cccc(CCC)c5)ccc4c(-c4ccccc4)c3c2)c1. The molecular weight excluding hydrogens is 701 g/mol. The number of fused-ring (bicyclic) bond motifs is 2. The van der Waals surface area contributed by atoms with Crippen molar-refractivity contribution in [1.29, 1.82) is 0 Å². The van der Waals surface area contributed by atoms with Gasteiger partial charge in [-0.15, -0.1) is 0 Å². The van der Waals surface area contributed by atoms with Crippen molar-refractivity contribution >= 4 is 55.7 Å². The van der Waals surface area contributed by atoms with Crippen LogP contribution in [0.4, 0.5) is 34.1 Å². The van der Waals surface area contributed by atoms with Gasteiger partial charge in [0.1, 0.15) is 0 Å². The molecule has 0 aliphatic carbocycles. The van der Waals surface area contributed by atoms with E-state index in [1.807, 2.05) is 0 Å². The maximum atomic E-state index is 2.42. The Balaban J connectivity index is 1.34. The summed E-state index contributed by atoms with van der Waals surface area (Å²) < 4.78 is 0. The van der Waals surface area contributed by atoms with E-state index in [2.05, 4.69) is 230 Å². The molecule has 0 fully saturated rings. The first-order valence-corrected chi connectivity index (χ1v) is 20.7. The van der Waals surface area contributed by atoms with E-state index in [0.29, 0.717) is 0 Å². The van der Waals surface area contributed by atoms with Gasteiger partial charge in [0.15, 0.2) is 0 Å². The minimum absolute atomic E-state index is 1.05. The molecule has 9 rings (SSSR count). The fourth-order valence-electron chi connectivity index (χ4n) is 8.64. The molecule has 0 aliphatic heterocycles. The van der Waals surface area contributed by atoms with Gasteiger partial charge in [-0.3, -0.25) is 0 Å². The highest BCUT2D eigenvalue weighted by molar-refractivity contribution is 6.22. The Morgan fingerprint density at radius 2 is 0.638 bits per heavy atom. The molecule has 0 amide bonds. The second-order valence-corrected chi connectivity index (χ2v) is 15.1. The molecule has 0 saturated heterocycles. The predicted octanol–water partition coefficient (Wildman–Crippen LogP) is 16.2. The molecule has 0 saturated carbocycles. The second kappa shape index (κ2) is 16.7. The first-order chi connectivity index (χ1) is 28.7. The smallest absolute Gasteiger partial charge is 0.0468 e. The van der Waals surface area contributed by atoms with Gasteiger partial charge in [-0.2, -0.15) is 0 Å². The summed E-state index contributed by atoms with van der Waals surface area (Å²) in [5, 5.41) is 4.89. The Morgan fingerprint density at radius 3 is 1.02 bits per heavy atom. The van der Waals surface area contributed by atoms with Gasteiger partial charge < -0.3 is 9.80 Å². The number of hydrogen-bond acceptors (Lipinski definition) is 2. The molecule has 0 bridgehead atoms. The van der Waals surface area contributed by atoms with E-state index < -0.39 is 0 Å². The van der Waals surface area contributed by atoms with Crippen molar-refractivity contribution in [2.75, 3.05) is 9.80 Å². The zero-order valence-electron chi connectivity index (χ0n) is 33.4. The highest BCUT2D eigenvalue weighted by Gasteiger charge is 2.22. The van der Waals surface area contributed by atoms with Crippen LogP contribution < -0.4 is 9.80 Å². The second-order valence-electron chi connectivity index (χ2n) is 15.1. The summed E-state index contributed by atoms with van der Waals surface area (Å²) in [5.74, 6) is 0. The van der Waals surface area contributed by atoms with Gasteiger partial charge in [-0.05, 0) is 141 Å². The topological polar surface area (TPSA) is 6.48 Å². The lowest BCUT2D eigenvalue weighted by molar-refractivity contribution is 0.921. The normalized spacial score (nSPS) is 11.2. The molecule has 0 spiro atoms. The van der Waals surface area contributed by atoms with E-state index in [0.717, 1.165) is 59.8 Å². The lowest BCUT2D eigenvalue weighted by Crippen LogP contribution is -2.11. The van der Waals surface area contributed by atoms with Crippen molar-refractivity contribution < 1.29 is 0 Å². The van der Waals surface area contributed by atoms with E-state index in [-0.39, 0.29) is 0 Å². The molecular formula is C56H48N2. The highest BCUT2D eigenvalue weighted by atomic mass is 15.1. The van der Waals surface area contributed by atoms with Gasteiger partial charge in [0.25, 0.3) is 0 Å². The summed E-state index contributed by atoms with van der Waals surface area (Å²) in [6.07, 6.45) is 4.31. The number of nitrogens with zero attached hydrogens (tertiary/aromatic N) is 2. The van der Waals surface area contributed by atoms with Crippen molar-refractivity contribution in [3.8, 4) is 22.3 Å². The number of para-hydroxylation sites is 2. The zero-order valence-corrected chi connectivity index (χ0v) is 33.4. The highest BCUT2D eigenvalue weighted by Crippen LogP contribution is 2.48. The van der Waals surface area contributed by atoms with Crippen molar-refractivity contribution in [1.82, 2.24) is 0 Å². The largest absolute Gasteiger partial charge is 0.310 e. The van der Waals surface area contributed by atoms with Gasteiger partial charge in [0.05, 0.1) is 0 Å². The van der Waals surface area contributed by atoms with Crippen molar-refractivity contribution in [3.63, 3.8) is 0 Å². The number of aryl methyl sites for hydroxylation is 2. The van der Waals surface area contributed by atoms with E-state index in [1.165, 1.54) is 54.9 Å². The fourth-order valence-corrected chi connectivity index (χ4v) is 8.64. The minimum atomic E-state index is 1.05. The first-order valence-electron chi connectivity index (χ1n) is 20.7. The Morgan fingerprint density at radius 1 is 0.293 bits per heavy atom. The first kappa shape index (κ1) is 36.7. The summed E-state index contributed by atoms with van der Waals surface area (Å²) in [6, 6.07) is 75.7. The molecule has 0 heterocycles. The van der Waals surface area contributed by atoms with Crippen molar-refractivity contribution in [2.24, 2.45) is 0 Å². The van der Waals surface area contributed by atoms with E-state index in [1.54, 1.807) is 0 Å². The zero-order chi connectivity index (χ0) is 39.3. The number of anilines is 6. The number of rotatable bonds is 12. The lowest BCUT2D eigenvalue weighted by atomic mass is 9.85. The Labute approximate surface area is 343 Å². The van der Waals surface area contributed by atoms with Crippen LogP contribution >= 0.6 is 0 Å². The van der Waals surface area contributed by atoms with Crippen LogP contribution in [0.1, 0.15) is 37.8 Å². The maximum Gasteiger partial charge on any atom is 0.0468 e. The van der Waals surface area contributed by atoms with Crippen LogP contribution in [0.2, 0.25) is 0 Å². The van der Waals surface area contributed by atoms with E-state index in [4.69, 9.17) is 0 Å². The molecule has 0 aromatic heterocycles. The predicted molar refractivity (Wildman–Crippen MR) is 250 cm³/mol. The standard InChI is InChI=1S/C56H48N2/c1-3-19-41-21-17-31-47(37-41)57(45-27-13-7-14-28-45)49-33-35-51-53(39-49)55(43-23-9-5-10-24-43)52-36-34-50(40-54(52)56(51)44-25-11-6-12-26-44)58(46-29-15-8-16-30-46)48-32-18-22-42(38-48)20-4-2/h5-18,21-40H,3-4,19-20H2,1-2H3. The van der Waals surface area contributed by atoms with Gasteiger partial charge >= 0.3 is 0 Å². The molecule has 282 valence electrons. The quantitative estimate of drug-likeness (QED) is 0.115. The maximum absolute atomic E-state index is 2.42. The van der Waals surface area contributed by atoms with Crippen LogP contribution in [0.25, 0.3) is 43.8 Å². The molecule has 2 nitrogen and oxygen atoms in total. The van der Waals surface area contributed by atoms with Gasteiger partial charge in [0.2, 0.25) is 0 Å². The molecule has 2 heteroatoms. The monoisotopic (exact) mass is 748 g/mol. The molecule has 9 aromatic carbocycles. The average Bonchev–Trinajstić information content (AvgIpc) is 3.28. The molecule has 58 heavy (non-hydrogen) atoms. The minimum Gasteiger partial charge on any atom is -0.310 e.